The zero-order valence-corrected chi connectivity index (χ0v) is 16.5. The summed E-state index contributed by atoms with van der Waals surface area (Å²) in [4.78, 5) is 12.9. The highest BCUT2D eigenvalue weighted by Crippen LogP contribution is 2.24. The van der Waals surface area contributed by atoms with E-state index in [9.17, 15) is 4.79 Å². The summed E-state index contributed by atoms with van der Waals surface area (Å²) in [5.74, 6) is 0.185. The fourth-order valence-corrected chi connectivity index (χ4v) is 3.06. The molecule has 1 aliphatic rings. The minimum absolute atomic E-state index is 0. The average Bonchev–Trinajstić information content (AvgIpc) is 2.62. The molecule has 0 radical (unpaired) electrons. The van der Waals surface area contributed by atoms with Gasteiger partial charge in [0.05, 0.1) is 19.3 Å². The van der Waals surface area contributed by atoms with Gasteiger partial charge in [0.2, 0.25) is 0 Å². The van der Waals surface area contributed by atoms with Crippen molar-refractivity contribution in [3.05, 3.63) is 29.8 Å². The Bertz CT molecular complexity index is 509. The van der Waals surface area contributed by atoms with Crippen LogP contribution in [0.5, 0.6) is 5.75 Å². The van der Waals surface area contributed by atoms with E-state index < -0.39 is 5.97 Å². The second-order valence-corrected chi connectivity index (χ2v) is 6.64. The molecular weight excluding hydrogens is 354 g/mol. The molecule has 1 aromatic carbocycles. The highest BCUT2D eigenvalue weighted by molar-refractivity contribution is 5.85. The highest BCUT2D eigenvalue weighted by Gasteiger charge is 2.21. The van der Waals surface area contributed by atoms with Crippen LogP contribution in [0, 0.1) is 0 Å². The molecule has 1 unspecified atom stereocenters. The van der Waals surface area contributed by atoms with Crippen LogP contribution in [0.2, 0.25) is 0 Å². The van der Waals surface area contributed by atoms with Crippen LogP contribution < -0.4 is 4.74 Å². The Balaban J connectivity index is 0.00000338. The second-order valence-electron chi connectivity index (χ2n) is 6.64. The lowest BCUT2D eigenvalue weighted by Crippen LogP contribution is -2.38. The summed E-state index contributed by atoms with van der Waals surface area (Å²) in [5, 5.41) is 8.75. The molecule has 6 heteroatoms. The topological polar surface area (TPSA) is 59.0 Å². The van der Waals surface area contributed by atoms with E-state index in [-0.39, 0.29) is 24.9 Å². The molecule has 26 heavy (non-hydrogen) atoms. The summed E-state index contributed by atoms with van der Waals surface area (Å²) in [6.45, 7) is 6.17. The minimum atomic E-state index is -0.727. The van der Waals surface area contributed by atoms with E-state index in [4.69, 9.17) is 14.6 Å². The maximum atomic E-state index is 10.6. The first kappa shape index (κ1) is 22.7. The van der Waals surface area contributed by atoms with Crippen molar-refractivity contribution in [3.63, 3.8) is 0 Å². The monoisotopic (exact) mass is 385 g/mol. The number of hydrogen-bond donors (Lipinski definition) is 1. The fraction of sp³-hybridized carbons (Fsp3) is 0.650. The van der Waals surface area contributed by atoms with Crippen LogP contribution in [0.3, 0.4) is 0 Å². The Kier molecular flexibility index (Phi) is 11.3. The first-order valence-electron chi connectivity index (χ1n) is 9.47. The molecule has 1 N–H and O–H groups in total. The van der Waals surface area contributed by atoms with Gasteiger partial charge in [-0.2, -0.15) is 0 Å². The third kappa shape index (κ3) is 8.39. The number of aliphatic carboxylic acids is 1. The van der Waals surface area contributed by atoms with Gasteiger partial charge in [0.15, 0.2) is 0 Å². The number of benzene rings is 1. The number of morpholine rings is 1. The Morgan fingerprint density at radius 2 is 2.00 bits per heavy atom. The van der Waals surface area contributed by atoms with Gasteiger partial charge in [-0.05, 0) is 37.1 Å². The zero-order valence-electron chi connectivity index (χ0n) is 15.7. The number of carboxylic acid groups (broad SMARTS) is 1. The van der Waals surface area contributed by atoms with Crippen molar-refractivity contribution in [1.82, 2.24) is 4.90 Å². The maximum Gasteiger partial charge on any atom is 0.303 e. The third-order valence-electron chi connectivity index (χ3n) is 4.53. The van der Waals surface area contributed by atoms with E-state index >= 15 is 0 Å². The van der Waals surface area contributed by atoms with Crippen LogP contribution in [0.4, 0.5) is 0 Å². The van der Waals surface area contributed by atoms with E-state index in [1.54, 1.807) is 0 Å². The van der Waals surface area contributed by atoms with E-state index in [0.29, 0.717) is 13.0 Å². The largest absolute Gasteiger partial charge is 0.494 e. The molecule has 1 aromatic rings. The van der Waals surface area contributed by atoms with Crippen molar-refractivity contribution < 1.29 is 19.4 Å². The predicted molar refractivity (Wildman–Crippen MR) is 105 cm³/mol. The normalized spacial score (nSPS) is 17.5. The Labute approximate surface area is 163 Å². The smallest absolute Gasteiger partial charge is 0.303 e. The molecule has 5 nitrogen and oxygen atoms in total. The summed E-state index contributed by atoms with van der Waals surface area (Å²) in [6.07, 6.45) is 5.80. The number of carboxylic acids is 1. The van der Waals surface area contributed by atoms with Crippen molar-refractivity contribution in [2.75, 3.05) is 32.8 Å². The lowest BCUT2D eigenvalue weighted by Gasteiger charge is -2.33. The number of nitrogens with zero attached hydrogens (tertiary/aromatic N) is 1. The molecule has 0 amide bonds. The van der Waals surface area contributed by atoms with E-state index in [1.165, 1.54) is 19.3 Å². The molecule has 1 heterocycles. The second kappa shape index (κ2) is 13.0. The molecule has 1 saturated heterocycles. The van der Waals surface area contributed by atoms with Gasteiger partial charge in [-0.1, -0.05) is 38.3 Å². The number of rotatable bonds is 11. The van der Waals surface area contributed by atoms with Crippen LogP contribution in [0.1, 0.15) is 57.1 Å². The van der Waals surface area contributed by atoms with E-state index in [0.717, 1.165) is 44.0 Å². The van der Waals surface area contributed by atoms with Gasteiger partial charge >= 0.3 is 5.97 Å². The molecule has 0 aromatic heterocycles. The molecule has 0 saturated carbocycles. The van der Waals surface area contributed by atoms with Gasteiger partial charge in [-0.25, -0.2) is 0 Å². The molecule has 1 atom stereocenters. The molecule has 2 rings (SSSR count). The van der Waals surface area contributed by atoms with E-state index in [2.05, 4.69) is 24.0 Å². The summed E-state index contributed by atoms with van der Waals surface area (Å²) in [7, 11) is 0. The van der Waals surface area contributed by atoms with Crippen molar-refractivity contribution in [2.24, 2.45) is 0 Å². The van der Waals surface area contributed by atoms with Crippen molar-refractivity contribution in [2.45, 2.75) is 51.6 Å². The maximum absolute atomic E-state index is 10.6. The number of unbranched alkanes of at least 4 members (excludes halogenated alkanes) is 3. The standard InChI is InChI=1S/C20H31NO4.ClH/c1-2-3-4-5-14-24-18-10-8-17(9-11-18)19-16-21(13-15-25-19)12-6-7-20(22)23;/h8-11,19H,2-7,12-16H2,1H3,(H,22,23);1H. The highest BCUT2D eigenvalue weighted by atomic mass is 35.5. The Morgan fingerprint density at radius 3 is 2.69 bits per heavy atom. The van der Waals surface area contributed by atoms with Gasteiger partial charge in [-0.3, -0.25) is 9.69 Å². The van der Waals surface area contributed by atoms with Gasteiger partial charge in [0.1, 0.15) is 5.75 Å². The molecule has 148 valence electrons. The van der Waals surface area contributed by atoms with Gasteiger partial charge in [0, 0.05) is 19.5 Å². The quantitative estimate of drug-likeness (QED) is 0.575. The third-order valence-corrected chi connectivity index (χ3v) is 4.53. The molecular formula is C20H32ClNO4. The number of hydrogen-bond acceptors (Lipinski definition) is 4. The Hall–Kier alpha value is -1.30. The molecule has 0 bridgehead atoms. The van der Waals surface area contributed by atoms with E-state index in [1.807, 2.05) is 12.1 Å². The number of carbonyl (C=O) groups is 1. The number of halogens is 1. The number of ether oxygens (including phenoxy) is 2. The first-order chi connectivity index (χ1) is 12.2. The summed E-state index contributed by atoms with van der Waals surface area (Å²) in [5.41, 5.74) is 1.15. The molecule has 0 spiro atoms. The molecule has 1 fully saturated rings. The summed E-state index contributed by atoms with van der Waals surface area (Å²) < 4.78 is 11.7. The van der Waals surface area contributed by atoms with Crippen LogP contribution in [0.25, 0.3) is 0 Å². The first-order valence-corrected chi connectivity index (χ1v) is 9.47. The molecule has 0 aliphatic carbocycles. The molecule has 1 aliphatic heterocycles. The minimum Gasteiger partial charge on any atom is -0.494 e. The van der Waals surface area contributed by atoms with Crippen LogP contribution in [-0.2, 0) is 9.53 Å². The van der Waals surface area contributed by atoms with Crippen molar-refractivity contribution >= 4 is 18.4 Å². The zero-order chi connectivity index (χ0) is 17.9. The van der Waals surface area contributed by atoms with Crippen LogP contribution in [-0.4, -0.2) is 48.8 Å². The van der Waals surface area contributed by atoms with Crippen molar-refractivity contribution in [1.29, 1.82) is 0 Å². The van der Waals surface area contributed by atoms with Crippen LogP contribution in [0.15, 0.2) is 24.3 Å². The lowest BCUT2D eigenvalue weighted by atomic mass is 10.1. The van der Waals surface area contributed by atoms with Crippen molar-refractivity contribution in [3.8, 4) is 5.75 Å². The average molecular weight is 386 g/mol. The SMILES string of the molecule is CCCCCCOc1ccc(C2CN(CCCC(=O)O)CCO2)cc1.Cl. The van der Waals surface area contributed by atoms with Crippen LogP contribution >= 0.6 is 12.4 Å². The predicted octanol–water partition coefficient (Wildman–Crippen LogP) is 4.31. The fourth-order valence-electron chi connectivity index (χ4n) is 3.06. The van der Waals surface area contributed by atoms with Gasteiger partial charge in [0.25, 0.3) is 0 Å². The Morgan fingerprint density at radius 1 is 1.23 bits per heavy atom. The lowest BCUT2D eigenvalue weighted by molar-refractivity contribution is -0.137. The van der Waals surface area contributed by atoms with Gasteiger partial charge in [-0.15, -0.1) is 12.4 Å². The summed E-state index contributed by atoms with van der Waals surface area (Å²) in [6, 6.07) is 8.18. The summed E-state index contributed by atoms with van der Waals surface area (Å²) >= 11 is 0. The van der Waals surface area contributed by atoms with Gasteiger partial charge < -0.3 is 14.6 Å².